The molecule has 35 heavy (non-hydrogen) atoms. The van der Waals surface area contributed by atoms with Crippen LogP contribution in [0.4, 0.5) is 16.0 Å². The summed E-state index contributed by atoms with van der Waals surface area (Å²) in [5.74, 6) is 1.26. The van der Waals surface area contributed by atoms with Gasteiger partial charge in [0.25, 0.3) is 0 Å². The van der Waals surface area contributed by atoms with Crippen LogP contribution in [0.25, 0.3) is 0 Å². The Hall–Kier alpha value is -1.72. The van der Waals surface area contributed by atoms with E-state index in [4.69, 9.17) is 22.1 Å². The van der Waals surface area contributed by atoms with E-state index < -0.39 is 6.67 Å². The van der Waals surface area contributed by atoms with Crippen molar-refractivity contribution in [2.45, 2.75) is 67.4 Å². The standard InChI is InChI=1S/C24H32ClFN6O2S/c1-15-21(27)24(14-34-15)5-9-31(10-6-24)22-17(11-26)30-19(12-29-22)35-18-4-7-28-23(20(18)25)32-8-2-3-16(32)13-33/h4,7,12,15-16,21,33H,2-3,5-6,8-11,13-14,27H2,1H3/t15-,16?,21+/m0/s1. The van der Waals surface area contributed by atoms with E-state index in [0.29, 0.717) is 34.0 Å². The highest BCUT2D eigenvalue weighted by Crippen LogP contribution is 2.43. The summed E-state index contributed by atoms with van der Waals surface area (Å²) in [4.78, 5) is 18.6. The van der Waals surface area contributed by atoms with Gasteiger partial charge in [0, 0.05) is 42.2 Å². The number of halogens is 2. The van der Waals surface area contributed by atoms with Gasteiger partial charge in [0.15, 0.2) is 5.82 Å². The molecule has 3 saturated heterocycles. The first-order valence-electron chi connectivity index (χ1n) is 12.2. The van der Waals surface area contributed by atoms with Gasteiger partial charge in [-0.15, -0.1) is 0 Å². The minimum absolute atomic E-state index is 0.00477. The number of hydrogen-bond acceptors (Lipinski definition) is 9. The third kappa shape index (κ3) is 4.71. The van der Waals surface area contributed by atoms with Crippen LogP contribution >= 0.6 is 23.4 Å². The van der Waals surface area contributed by atoms with Crippen LogP contribution in [0, 0.1) is 5.41 Å². The fourth-order valence-corrected chi connectivity index (χ4v) is 6.69. The zero-order valence-corrected chi connectivity index (χ0v) is 21.4. The molecular formula is C24H32ClFN6O2S. The second-order valence-corrected chi connectivity index (χ2v) is 11.2. The van der Waals surface area contributed by atoms with Crippen molar-refractivity contribution in [2.75, 3.05) is 42.6 Å². The van der Waals surface area contributed by atoms with Gasteiger partial charge in [-0.1, -0.05) is 23.4 Å². The maximum atomic E-state index is 14.1. The van der Waals surface area contributed by atoms with Gasteiger partial charge in [0.05, 0.1) is 36.6 Å². The number of hydrogen-bond donors (Lipinski definition) is 2. The average molecular weight is 523 g/mol. The number of anilines is 2. The predicted octanol–water partition coefficient (Wildman–Crippen LogP) is 3.44. The molecule has 11 heteroatoms. The van der Waals surface area contributed by atoms with E-state index >= 15 is 0 Å². The summed E-state index contributed by atoms with van der Waals surface area (Å²) in [6.45, 7) is 4.39. The van der Waals surface area contributed by atoms with Crippen LogP contribution in [0.2, 0.25) is 5.02 Å². The highest BCUT2D eigenvalue weighted by atomic mass is 35.5. The molecule has 2 aromatic rings. The predicted molar refractivity (Wildman–Crippen MR) is 135 cm³/mol. The minimum atomic E-state index is -0.695. The first-order valence-corrected chi connectivity index (χ1v) is 13.4. The van der Waals surface area contributed by atoms with Gasteiger partial charge >= 0.3 is 0 Å². The lowest BCUT2D eigenvalue weighted by atomic mass is 9.73. The molecule has 2 aromatic heterocycles. The number of aliphatic hydroxyl groups excluding tert-OH is 1. The molecule has 8 nitrogen and oxygen atoms in total. The molecule has 0 radical (unpaired) electrons. The molecule has 3 aliphatic rings. The molecule has 3 N–H and O–H groups in total. The smallest absolute Gasteiger partial charge is 0.153 e. The second-order valence-electron chi connectivity index (χ2n) is 9.72. The Morgan fingerprint density at radius 2 is 2.09 bits per heavy atom. The quantitative estimate of drug-likeness (QED) is 0.590. The van der Waals surface area contributed by atoms with E-state index in [1.54, 1.807) is 12.4 Å². The SMILES string of the molecule is C[C@@H]1OCC2(CCN(c3ncc(Sc4ccnc(N5CCCC5CO)c4Cl)nc3CF)CC2)[C@@H]1N. The van der Waals surface area contributed by atoms with Crippen molar-refractivity contribution in [3.05, 3.63) is 29.2 Å². The van der Waals surface area contributed by atoms with Gasteiger partial charge in [-0.25, -0.2) is 19.3 Å². The number of rotatable bonds is 6. The van der Waals surface area contributed by atoms with Crippen LogP contribution < -0.4 is 15.5 Å². The molecule has 0 saturated carbocycles. The second kappa shape index (κ2) is 10.3. The molecule has 3 atom stereocenters. The van der Waals surface area contributed by atoms with E-state index in [9.17, 15) is 9.50 Å². The van der Waals surface area contributed by atoms with E-state index in [2.05, 4.69) is 24.8 Å². The van der Waals surface area contributed by atoms with Crippen molar-refractivity contribution in [3.63, 3.8) is 0 Å². The summed E-state index contributed by atoms with van der Waals surface area (Å²) in [6.07, 6.45) is 7.14. The number of ether oxygens (including phenoxy) is 1. The Labute approximate surface area is 214 Å². The Bertz CT molecular complexity index is 1060. The Morgan fingerprint density at radius 3 is 2.77 bits per heavy atom. The number of piperidine rings is 1. The molecule has 190 valence electrons. The summed E-state index contributed by atoms with van der Waals surface area (Å²) in [5.41, 5.74) is 6.76. The average Bonchev–Trinajstić information content (AvgIpc) is 3.46. The number of nitrogens with zero attached hydrogens (tertiary/aromatic N) is 5. The monoisotopic (exact) mass is 522 g/mol. The van der Waals surface area contributed by atoms with E-state index in [-0.39, 0.29) is 30.2 Å². The molecule has 5 heterocycles. The van der Waals surface area contributed by atoms with E-state index in [0.717, 1.165) is 50.2 Å². The summed E-state index contributed by atoms with van der Waals surface area (Å²) >= 11 is 8.06. The van der Waals surface area contributed by atoms with Crippen molar-refractivity contribution in [3.8, 4) is 0 Å². The van der Waals surface area contributed by atoms with Gasteiger partial charge < -0.3 is 25.4 Å². The molecule has 3 aliphatic heterocycles. The summed E-state index contributed by atoms with van der Waals surface area (Å²) in [6, 6.07) is 1.87. The number of nitrogens with two attached hydrogens (primary N) is 1. The van der Waals surface area contributed by atoms with Gasteiger partial charge in [-0.3, -0.25) is 0 Å². The van der Waals surface area contributed by atoms with E-state index in [1.165, 1.54) is 11.8 Å². The van der Waals surface area contributed by atoms with Crippen molar-refractivity contribution < 1.29 is 14.2 Å². The molecule has 1 unspecified atom stereocenters. The van der Waals surface area contributed by atoms with Crippen LogP contribution in [-0.2, 0) is 11.4 Å². The summed E-state index contributed by atoms with van der Waals surface area (Å²) in [7, 11) is 0. The van der Waals surface area contributed by atoms with Crippen molar-refractivity contribution in [1.82, 2.24) is 15.0 Å². The van der Waals surface area contributed by atoms with E-state index in [1.807, 2.05) is 13.0 Å². The third-order valence-corrected chi connectivity index (χ3v) is 9.19. The fraction of sp³-hybridized carbons (Fsp3) is 0.625. The van der Waals surface area contributed by atoms with Gasteiger partial charge in [0.2, 0.25) is 0 Å². The highest BCUT2D eigenvalue weighted by Gasteiger charge is 2.47. The van der Waals surface area contributed by atoms with Crippen molar-refractivity contribution in [1.29, 1.82) is 0 Å². The lowest BCUT2D eigenvalue weighted by Crippen LogP contribution is -2.51. The Kier molecular flexibility index (Phi) is 7.37. The first kappa shape index (κ1) is 25.0. The minimum Gasteiger partial charge on any atom is -0.394 e. The summed E-state index contributed by atoms with van der Waals surface area (Å²) in [5, 5.41) is 10.8. The van der Waals surface area contributed by atoms with Crippen LogP contribution in [0.5, 0.6) is 0 Å². The number of alkyl halides is 1. The first-order chi connectivity index (χ1) is 17.0. The Morgan fingerprint density at radius 1 is 1.29 bits per heavy atom. The van der Waals surface area contributed by atoms with Crippen molar-refractivity contribution in [2.24, 2.45) is 11.1 Å². The van der Waals surface area contributed by atoms with Crippen LogP contribution in [0.3, 0.4) is 0 Å². The molecule has 0 amide bonds. The third-order valence-electron chi connectivity index (χ3n) is 7.74. The molecule has 1 spiro atoms. The van der Waals surface area contributed by atoms with Gasteiger partial charge in [0.1, 0.15) is 23.2 Å². The molecular weight excluding hydrogens is 491 g/mol. The number of pyridine rings is 1. The topological polar surface area (TPSA) is 101 Å². The highest BCUT2D eigenvalue weighted by molar-refractivity contribution is 7.99. The maximum absolute atomic E-state index is 14.1. The fourth-order valence-electron chi connectivity index (χ4n) is 5.55. The molecule has 3 fully saturated rings. The summed E-state index contributed by atoms with van der Waals surface area (Å²) < 4.78 is 19.9. The van der Waals surface area contributed by atoms with Crippen LogP contribution in [0.1, 0.15) is 38.3 Å². The van der Waals surface area contributed by atoms with Crippen LogP contribution in [-0.4, -0.2) is 71.1 Å². The lowest BCUT2D eigenvalue weighted by molar-refractivity contribution is 0.0974. The van der Waals surface area contributed by atoms with Crippen LogP contribution in [0.15, 0.2) is 28.4 Å². The zero-order valence-electron chi connectivity index (χ0n) is 19.9. The largest absolute Gasteiger partial charge is 0.394 e. The molecule has 5 rings (SSSR count). The van der Waals surface area contributed by atoms with Gasteiger partial charge in [-0.2, -0.15) is 0 Å². The molecule has 0 bridgehead atoms. The number of aromatic nitrogens is 3. The lowest BCUT2D eigenvalue weighted by Gasteiger charge is -2.41. The maximum Gasteiger partial charge on any atom is 0.153 e. The number of aliphatic hydroxyl groups is 1. The molecule has 0 aromatic carbocycles. The van der Waals surface area contributed by atoms with Gasteiger partial charge in [-0.05, 0) is 38.7 Å². The molecule has 0 aliphatic carbocycles. The van der Waals surface area contributed by atoms with Crippen molar-refractivity contribution >= 4 is 35.0 Å². The zero-order chi connectivity index (χ0) is 24.6. The normalized spacial score (nSPS) is 26.1. The Balaban J connectivity index is 1.31.